The van der Waals surface area contributed by atoms with Gasteiger partial charge >= 0.3 is 0 Å². The second-order valence-corrected chi connectivity index (χ2v) is 3.29. The fourth-order valence-corrected chi connectivity index (χ4v) is 1.27. The number of rotatable bonds is 4. The van der Waals surface area contributed by atoms with Crippen molar-refractivity contribution in [2.45, 2.75) is 12.5 Å². The molecule has 6 heteroatoms. The number of aromatic nitrogens is 3. The molecule has 0 saturated carbocycles. The number of aliphatic hydroxyl groups excluding tert-OH is 1. The summed E-state index contributed by atoms with van der Waals surface area (Å²) in [6, 6.07) is 3.54. The molecule has 0 aliphatic carbocycles. The van der Waals surface area contributed by atoms with Crippen molar-refractivity contribution in [2.24, 2.45) is 5.73 Å². The molecule has 2 heterocycles. The third-order valence-electron chi connectivity index (χ3n) is 2.11. The molecule has 0 amide bonds. The summed E-state index contributed by atoms with van der Waals surface area (Å²) < 4.78 is 4.95. The zero-order valence-corrected chi connectivity index (χ0v) is 8.58. The van der Waals surface area contributed by atoms with E-state index < -0.39 is 6.10 Å². The van der Waals surface area contributed by atoms with Crippen LogP contribution in [0.1, 0.15) is 18.4 Å². The van der Waals surface area contributed by atoms with Gasteiger partial charge in [-0.2, -0.15) is 4.98 Å². The van der Waals surface area contributed by atoms with Gasteiger partial charge in [-0.1, -0.05) is 5.16 Å². The van der Waals surface area contributed by atoms with Crippen LogP contribution in [0.15, 0.2) is 29.0 Å². The topological polar surface area (TPSA) is 98.1 Å². The molecule has 6 nitrogen and oxygen atoms in total. The van der Waals surface area contributed by atoms with Gasteiger partial charge in [0.15, 0.2) is 0 Å². The van der Waals surface area contributed by atoms with Gasteiger partial charge in [-0.25, -0.2) is 0 Å². The molecule has 2 rings (SSSR count). The molecule has 0 unspecified atom stereocenters. The summed E-state index contributed by atoms with van der Waals surface area (Å²) in [7, 11) is 0. The zero-order valence-electron chi connectivity index (χ0n) is 8.58. The number of aliphatic hydroxyl groups is 1. The van der Waals surface area contributed by atoms with E-state index in [1.807, 2.05) is 0 Å². The molecule has 2 aromatic rings. The van der Waals surface area contributed by atoms with Crippen LogP contribution in [-0.2, 0) is 0 Å². The Kier molecular flexibility index (Phi) is 3.23. The summed E-state index contributed by atoms with van der Waals surface area (Å²) in [6.45, 7) is 0.369. The predicted octanol–water partition coefficient (Wildman–Crippen LogP) is 0.514. The van der Waals surface area contributed by atoms with Crippen LogP contribution in [0.3, 0.4) is 0 Å². The third-order valence-corrected chi connectivity index (χ3v) is 2.11. The average molecular weight is 220 g/mol. The van der Waals surface area contributed by atoms with Crippen LogP contribution in [0, 0.1) is 0 Å². The highest BCUT2D eigenvalue weighted by molar-refractivity contribution is 5.52. The Morgan fingerprint density at radius 1 is 1.38 bits per heavy atom. The molecule has 0 saturated heterocycles. The minimum Gasteiger partial charge on any atom is -0.383 e. The predicted molar refractivity (Wildman–Crippen MR) is 56.2 cm³/mol. The zero-order chi connectivity index (χ0) is 11.4. The Morgan fingerprint density at radius 2 is 2.12 bits per heavy atom. The second-order valence-electron chi connectivity index (χ2n) is 3.29. The highest BCUT2D eigenvalue weighted by Gasteiger charge is 2.15. The standard InChI is InChI=1S/C10H12N4O2/c11-4-1-8(15)10-13-9(14-16-10)7-2-5-12-6-3-7/h2-3,5-6,8,15H,1,4,11H2/t8-/m0/s1. The number of pyridine rings is 1. The van der Waals surface area contributed by atoms with Gasteiger partial charge in [-0.15, -0.1) is 0 Å². The van der Waals surface area contributed by atoms with Crippen molar-refractivity contribution in [2.75, 3.05) is 6.54 Å². The minimum absolute atomic E-state index is 0.192. The van der Waals surface area contributed by atoms with Crippen molar-refractivity contribution in [1.29, 1.82) is 0 Å². The third kappa shape index (κ3) is 2.23. The van der Waals surface area contributed by atoms with E-state index in [4.69, 9.17) is 10.3 Å². The molecule has 1 atom stereocenters. The molecule has 0 aliphatic heterocycles. The van der Waals surface area contributed by atoms with E-state index >= 15 is 0 Å². The molecular weight excluding hydrogens is 208 g/mol. The monoisotopic (exact) mass is 220 g/mol. The van der Waals surface area contributed by atoms with Crippen LogP contribution in [0.5, 0.6) is 0 Å². The Balaban J connectivity index is 2.20. The maximum absolute atomic E-state index is 9.59. The van der Waals surface area contributed by atoms with Crippen LogP contribution in [0.4, 0.5) is 0 Å². The van der Waals surface area contributed by atoms with Crippen molar-refractivity contribution in [3.05, 3.63) is 30.4 Å². The first kappa shape index (κ1) is 10.7. The number of hydrogen-bond donors (Lipinski definition) is 2. The fraction of sp³-hybridized carbons (Fsp3) is 0.300. The van der Waals surface area contributed by atoms with Crippen molar-refractivity contribution in [3.8, 4) is 11.4 Å². The van der Waals surface area contributed by atoms with Gasteiger partial charge in [-0.05, 0) is 25.1 Å². The number of nitrogens with two attached hydrogens (primary N) is 1. The summed E-state index contributed by atoms with van der Waals surface area (Å²) in [5.74, 6) is 0.630. The van der Waals surface area contributed by atoms with Gasteiger partial charge in [0.25, 0.3) is 5.89 Å². The van der Waals surface area contributed by atoms with Gasteiger partial charge in [-0.3, -0.25) is 4.98 Å². The summed E-state index contributed by atoms with van der Waals surface area (Å²) in [4.78, 5) is 7.98. The van der Waals surface area contributed by atoms with Crippen LogP contribution in [0.2, 0.25) is 0 Å². The molecule has 0 radical (unpaired) electrons. The lowest BCUT2D eigenvalue weighted by Gasteiger charge is -2.00. The lowest BCUT2D eigenvalue weighted by atomic mass is 10.2. The van der Waals surface area contributed by atoms with Gasteiger partial charge < -0.3 is 15.4 Å². The lowest BCUT2D eigenvalue weighted by molar-refractivity contribution is 0.127. The molecule has 2 aromatic heterocycles. The molecule has 0 fully saturated rings. The Morgan fingerprint density at radius 3 is 2.81 bits per heavy atom. The van der Waals surface area contributed by atoms with Crippen molar-refractivity contribution in [1.82, 2.24) is 15.1 Å². The smallest absolute Gasteiger partial charge is 0.255 e. The largest absolute Gasteiger partial charge is 0.383 e. The van der Waals surface area contributed by atoms with E-state index in [1.165, 1.54) is 0 Å². The molecular formula is C10H12N4O2. The quantitative estimate of drug-likeness (QED) is 0.779. The first-order chi connectivity index (χ1) is 7.81. The highest BCUT2D eigenvalue weighted by Crippen LogP contribution is 2.19. The van der Waals surface area contributed by atoms with E-state index in [-0.39, 0.29) is 5.89 Å². The summed E-state index contributed by atoms with van der Waals surface area (Å²) in [6.07, 6.45) is 2.88. The SMILES string of the molecule is NCC[C@H](O)c1nc(-c2ccncc2)no1. The van der Waals surface area contributed by atoms with Gasteiger partial charge in [0, 0.05) is 18.0 Å². The van der Waals surface area contributed by atoms with Crippen molar-refractivity contribution < 1.29 is 9.63 Å². The first-order valence-corrected chi connectivity index (χ1v) is 4.93. The number of nitrogens with zero attached hydrogens (tertiary/aromatic N) is 3. The Bertz CT molecular complexity index is 443. The molecule has 0 spiro atoms. The fourth-order valence-electron chi connectivity index (χ4n) is 1.27. The maximum atomic E-state index is 9.59. The van der Waals surface area contributed by atoms with E-state index in [0.717, 1.165) is 5.56 Å². The number of hydrogen-bond acceptors (Lipinski definition) is 6. The molecule has 0 bridgehead atoms. The van der Waals surface area contributed by atoms with Crippen LogP contribution < -0.4 is 5.73 Å². The van der Waals surface area contributed by atoms with Crippen LogP contribution in [-0.4, -0.2) is 26.8 Å². The van der Waals surface area contributed by atoms with Gasteiger partial charge in [0.05, 0.1) is 0 Å². The molecule has 3 N–H and O–H groups in total. The highest BCUT2D eigenvalue weighted by atomic mass is 16.5. The Hall–Kier alpha value is -1.79. The summed E-state index contributed by atoms with van der Waals surface area (Å²) >= 11 is 0. The van der Waals surface area contributed by atoms with E-state index in [1.54, 1.807) is 24.5 Å². The second kappa shape index (κ2) is 4.82. The van der Waals surface area contributed by atoms with Gasteiger partial charge in [0.2, 0.25) is 5.82 Å². The average Bonchev–Trinajstić information content (AvgIpc) is 2.80. The minimum atomic E-state index is -0.798. The summed E-state index contributed by atoms with van der Waals surface area (Å²) in [5, 5.41) is 13.4. The maximum Gasteiger partial charge on any atom is 0.255 e. The first-order valence-electron chi connectivity index (χ1n) is 4.93. The van der Waals surface area contributed by atoms with Crippen LogP contribution in [0.25, 0.3) is 11.4 Å². The normalized spacial score (nSPS) is 12.6. The molecule has 84 valence electrons. The Labute approximate surface area is 92.1 Å². The van der Waals surface area contributed by atoms with Crippen LogP contribution >= 0.6 is 0 Å². The van der Waals surface area contributed by atoms with Crippen molar-refractivity contribution in [3.63, 3.8) is 0 Å². The van der Waals surface area contributed by atoms with E-state index in [2.05, 4.69) is 15.1 Å². The molecule has 0 aromatic carbocycles. The summed E-state index contributed by atoms with van der Waals surface area (Å²) in [5.41, 5.74) is 6.12. The van der Waals surface area contributed by atoms with E-state index in [0.29, 0.717) is 18.8 Å². The van der Waals surface area contributed by atoms with Crippen molar-refractivity contribution >= 4 is 0 Å². The lowest BCUT2D eigenvalue weighted by Crippen LogP contribution is -2.06. The van der Waals surface area contributed by atoms with E-state index in [9.17, 15) is 5.11 Å². The molecule has 0 aliphatic rings. The molecule has 16 heavy (non-hydrogen) atoms. The van der Waals surface area contributed by atoms with Gasteiger partial charge in [0.1, 0.15) is 6.10 Å².